The smallest absolute Gasteiger partial charge is 0.410 e. The lowest BCUT2D eigenvalue weighted by Gasteiger charge is -2.35. The highest BCUT2D eigenvalue weighted by Crippen LogP contribution is 2.41. The van der Waals surface area contributed by atoms with Gasteiger partial charge in [-0.3, -0.25) is 9.80 Å². The van der Waals surface area contributed by atoms with E-state index in [4.69, 9.17) is 36.1 Å². The number of carbonyl (C=O) groups excluding carboxylic acids is 2. The summed E-state index contributed by atoms with van der Waals surface area (Å²) in [6, 6.07) is 7.84. The molecule has 4 fully saturated rings. The van der Waals surface area contributed by atoms with Crippen molar-refractivity contribution in [3.8, 4) is 0 Å². The predicted molar refractivity (Wildman–Crippen MR) is 194 cm³/mol. The van der Waals surface area contributed by atoms with Crippen molar-refractivity contribution < 1.29 is 19.1 Å². The fraction of sp³-hybridized carbons (Fsp3) is 0.632. The molecule has 13 heteroatoms. The zero-order valence-electron chi connectivity index (χ0n) is 30.8. The molecule has 2 amide bonds. The van der Waals surface area contributed by atoms with Crippen LogP contribution in [0.4, 0.5) is 9.59 Å². The van der Waals surface area contributed by atoms with Crippen molar-refractivity contribution in [3.63, 3.8) is 0 Å². The highest BCUT2D eigenvalue weighted by atomic mass is 35.5. The Morgan fingerprint density at radius 1 is 0.667 bits per heavy atom. The number of piperidine rings is 2. The van der Waals surface area contributed by atoms with Crippen molar-refractivity contribution in [1.82, 2.24) is 39.0 Å². The molecule has 0 unspecified atom stereocenters. The largest absolute Gasteiger partial charge is 0.444 e. The SMILES string of the molecule is CC(C)(C)OC(=O)N1CCCC[C@H]1c1cc2nc(C3CC3)cc(Cl)n2n1.CC(C)(C)OC(=O)N1CCCC[C@H]1c1cc2nc(C3CC3)ccn2n1. The first-order chi connectivity index (χ1) is 24.2. The average Bonchev–Trinajstić information content (AvgIpc) is 4.01. The highest BCUT2D eigenvalue weighted by molar-refractivity contribution is 6.29. The van der Waals surface area contributed by atoms with Crippen LogP contribution in [0.2, 0.25) is 5.15 Å². The standard InChI is InChI=1S/C19H25ClN4O2.C19H26N4O2/c1-19(2,3)26-18(25)23-9-5-4-6-15(23)14-11-17-21-13(12-7-8-12)10-16(20)24(17)22-14;1-19(2,3)25-18(24)22-10-5-4-6-16(22)15-12-17-20-14(13-7-8-13)9-11-23(17)21-15/h10-12,15H,4-9H2,1-3H3;9,11-13,16H,4-8,10H2,1-3H3/t15-;16-/m00/s1. The second-order valence-corrected chi connectivity index (χ2v) is 16.9. The van der Waals surface area contributed by atoms with Gasteiger partial charge in [-0.15, -0.1) is 0 Å². The zero-order chi connectivity index (χ0) is 36.1. The minimum atomic E-state index is -0.512. The molecule has 4 aromatic heterocycles. The van der Waals surface area contributed by atoms with E-state index in [1.54, 1.807) is 9.42 Å². The lowest BCUT2D eigenvalue weighted by atomic mass is 10.00. The number of amides is 2. The summed E-state index contributed by atoms with van der Waals surface area (Å²) in [4.78, 5) is 38.4. The van der Waals surface area contributed by atoms with Gasteiger partial charge in [0, 0.05) is 54.6 Å². The summed E-state index contributed by atoms with van der Waals surface area (Å²) in [5.74, 6) is 1.15. The summed E-state index contributed by atoms with van der Waals surface area (Å²) in [5, 5.41) is 9.92. The van der Waals surface area contributed by atoms with Crippen molar-refractivity contribution in [3.05, 3.63) is 58.4 Å². The van der Waals surface area contributed by atoms with E-state index >= 15 is 0 Å². The molecule has 274 valence electrons. The number of nitrogens with zero attached hydrogens (tertiary/aromatic N) is 8. The third-order valence-electron chi connectivity index (χ3n) is 9.72. The van der Waals surface area contributed by atoms with Gasteiger partial charge in [0.25, 0.3) is 0 Å². The third kappa shape index (κ3) is 8.42. The first-order valence-electron chi connectivity index (χ1n) is 18.6. The molecule has 51 heavy (non-hydrogen) atoms. The number of halogens is 1. The van der Waals surface area contributed by atoms with E-state index in [0.29, 0.717) is 30.1 Å². The number of aromatic nitrogens is 6. The zero-order valence-corrected chi connectivity index (χ0v) is 31.5. The van der Waals surface area contributed by atoms with Crippen LogP contribution in [0.25, 0.3) is 11.3 Å². The lowest BCUT2D eigenvalue weighted by molar-refractivity contribution is 0.00800. The molecule has 0 N–H and O–H groups in total. The highest BCUT2D eigenvalue weighted by Gasteiger charge is 2.35. The number of carbonyl (C=O) groups is 2. The summed E-state index contributed by atoms with van der Waals surface area (Å²) in [7, 11) is 0. The van der Waals surface area contributed by atoms with Crippen molar-refractivity contribution in [2.45, 2.75) is 141 Å². The topological polar surface area (TPSA) is 119 Å². The molecule has 0 spiro atoms. The van der Waals surface area contributed by atoms with Crippen LogP contribution in [-0.4, -0.2) is 75.5 Å². The molecule has 2 aliphatic carbocycles. The average molecular weight is 719 g/mol. The molecular formula is C38H51ClN8O4. The van der Waals surface area contributed by atoms with Gasteiger partial charge < -0.3 is 9.47 Å². The Morgan fingerprint density at radius 3 is 1.73 bits per heavy atom. The van der Waals surface area contributed by atoms with E-state index < -0.39 is 11.2 Å². The van der Waals surface area contributed by atoms with Crippen LogP contribution in [0.3, 0.4) is 0 Å². The van der Waals surface area contributed by atoms with E-state index in [1.807, 2.05) is 75.4 Å². The molecule has 2 aliphatic heterocycles. The van der Waals surface area contributed by atoms with Crippen LogP contribution in [0.5, 0.6) is 0 Å². The molecule has 4 aromatic rings. The minimum absolute atomic E-state index is 0.0327. The Labute approximate surface area is 304 Å². The molecule has 0 bridgehead atoms. The number of hydrogen-bond acceptors (Lipinski definition) is 8. The van der Waals surface area contributed by atoms with Crippen molar-refractivity contribution in [2.75, 3.05) is 13.1 Å². The maximum absolute atomic E-state index is 12.7. The molecule has 8 rings (SSSR count). The summed E-state index contributed by atoms with van der Waals surface area (Å²) in [6.07, 6.45) is 12.2. The maximum Gasteiger partial charge on any atom is 0.410 e. The molecule has 2 atom stereocenters. The molecule has 2 saturated heterocycles. The molecule has 4 aliphatic rings. The molecule has 0 radical (unpaired) electrons. The molecular weight excluding hydrogens is 668 g/mol. The summed E-state index contributed by atoms with van der Waals surface area (Å²) < 4.78 is 14.7. The summed E-state index contributed by atoms with van der Waals surface area (Å²) in [6.45, 7) is 12.8. The Kier molecular flexibility index (Phi) is 9.66. The van der Waals surface area contributed by atoms with Gasteiger partial charge in [0.2, 0.25) is 0 Å². The molecule has 0 aromatic carbocycles. The summed E-state index contributed by atoms with van der Waals surface area (Å²) >= 11 is 6.43. The molecule has 12 nitrogen and oxygen atoms in total. The number of fused-ring (bicyclic) bond motifs is 2. The monoisotopic (exact) mass is 718 g/mol. The van der Waals surface area contributed by atoms with Gasteiger partial charge in [-0.25, -0.2) is 28.6 Å². The Bertz CT molecular complexity index is 1900. The van der Waals surface area contributed by atoms with Gasteiger partial charge in [0.05, 0.1) is 23.5 Å². The van der Waals surface area contributed by atoms with Crippen molar-refractivity contribution >= 4 is 35.1 Å². The van der Waals surface area contributed by atoms with Gasteiger partial charge >= 0.3 is 12.2 Å². The maximum atomic E-state index is 12.7. The normalized spacial score (nSPS) is 21.4. The van der Waals surface area contributed by atoms with Crippen LogP contribution in [0, 0.1) is 0 Å². The van der Waals surface area contributed by atoms with Gasteiger partial charge in [-0.05, 0) is 118 Å². The van der Waals surface area contributed by atoms with E-state index in [1.165, 1.54) is 25.7 Å². The lowest BCUT2D eigenvalue weighted by Crippen LogP contribution is -2.42. The van der Waals surface area contributed by atoms with Crippen molar-refractivity contribution in [2.24, 2.45) is 0 Å². The van der Waals surface area contributed by atoms with Crippen molar-refractivity contribution in [1.29, 1.82) is 0 Å². The van der Waals surface area contributed by atoms with Gasteiger partial charge in [-0.1, -0.05) is 11.6 Å². The number of rotatable bonds is 4. The first kappa shape index (κ1) is 35.5. The fourth-order valence-corrected chi connectivity index (χ4v) is 7.20. The Balaban J connectivity index is 0.000000159. The predicted octanol–water partition coefficient (Wildman–Crippen LogP) is 8.79. The Morgan fingerprint density at radius 2 is 1.18 bits per heavy atom. The second kappa shape index (κ2) is 13.9. The fourth-order valence-electron chi connectivity index (χ4n) is 6.96. The summed E-state index contributed by atoms with van der Waals surface area (Å²) in [5.41, 5.74) is 4.57. The van der Waals surface area contributed by atoms with Crippen LogP contribution in [0.1, 0.15) is 152 Å². The van der Waals surface area contributed by atoms with Gasteiger partial charge in [0.15, 0.2) is 11.3 Å². The number of hydrogen-bond donors (Lipinski definition) is 0. The first-order valence-corrected chi connectivity index (χ1v) is 19.0. The Hall–Kier alpha value is -3.93. The minimum Gasteiger partial charge on any atom is -0.444 e. The second-order valence-electron chi connectivity index (χ2n) is 16.5. The third-order valence-corrected chi connectivity index (χ3v) is 9.99. The van der Waals surface area contributed by atoms with E-state index in [2.05, 4.69) is 11.2 Å². The molecule has 6 heterocycles. The van der Waals surface area contributed by atoms with Crippen LogP contribution in [-0.2, 0) is 9.47 Å². The van der Waals surface area contributed by atoms with Crippen LogP contribution in [0.15, 0.2) is 30.5 Å². The van der Waals surface area contributed by atoms with E-state index in [-0.39, 0.29) is 24.3 Å². The van der Waals surface area contributed by atoms with E-state index in [0.717, 1.165) is 72.6 Å². The number of likely N-dealkylation sites (tertiary alicyclic amines) is 2. The number of ether oxygens (including phenoxy) is 2. The quantitative estimate of drug-likeness (QED) is 0.192. The molecule has 2 saturated carbocycles. The van der Waals surface area contributed by atoms with E-state index in [9.17, 15) is 9.59 Å². The van der Waals surface area contributed by atoms with Gasteiger partial charge in [-0.2, -0.15) is 10.2 Å². The van der Waals surface area contributed by atoms with Crippen LogP contribution >= 0.6 is 11.6 Å². The van der Waals surface area contributed by atoms with Crippen LogP contribution < -0.4 is 0 Å². The van der Waals surface area contributed by atoms with Gasteiger partial charge in [0.1, 0.15) is 16.4 Å².